The standard InChI is InChI=1S/C6H16N.C4H7NO.CH4O4S/c1-5-6-7(2,3)4;1-2-3-4(5)6;1-5-6(2,3)4/h5-6H2,1-4H3;2-3H,1H3,(H2,5,6);1H3,(H,2,3,4)/q+1;;/p-1. The van der Waals surface area contributed by atoms with Crippen LogP contribution in [0.15, 0.2) is 12.2 Å². The summed E-state index contributed by atoms with van der Waals surface area (Å²) in [6, 6.07) is 0. The van der Waals surface area contributed by atoms with Gasteiger partial charge in [0.2, 0.25) is 16.3 Å². The second-order valence-electron chi connectivity index (χ2n) is 4.49. The lowest BCUT2D eigenvalue weighted by Crippen LogP contribution is -2.34. The highest BCUT2D eigenvalue weighted by molar-refractivity contribution is 7.80. The lowest BCUT2D eigenvalue weighted by Gasteiger charge is -2.22. The molecule has 2 N–H and O–H groups in total. The molecule has 0 aromatic carbocycles. The van der Waals surface area contributed by atoms with Crippen LogP contribution in [0.25, 0.3) is 0 Å². The van der Waals surface area contributed by atoms with Crippen LogP contribution >= 0.6 is 0 Å². The molecule has 0 radical (unpaired) electrons. The van der Waals surface area contributed by atoms with E-state index in [1.165, 1.54) is 19.0 Å². The summed E-state index contributed by atoms with van der Waals surface area (Å²) in [6.45, 7) is 5.23. The van der Waals surface area contributed by atoms with Gasteiger partial charge in [-0.1, -0.05) is 13.0 Å². The zero-order valence-corrected chi connectivity index (χ0v) is 13.4. The number of hydrogen-bond acceptors (Lipinski definition) is 5. The Morgan fingerprint density at radius 2 is 1.74 bits per heavy atom. The number of amides is 1. The van der Waals surface area contributed by atoms with E-state index in [1.807, 2.05) is 0 Å². The Kier molecular flexibility index (Phi) is 14.7. The number of allylic oxidation sites excluding steroid dienone is 1. The van der Waals surface area contributed by atoms with E-state index in [1.54, 1.807) is 13.0 Å². The fourth-order valence-corrected chi connectivity index (χ4v) is 0.835. The highest BCUT2D eigenvalue weighted by Gasteiger charge is 2.01. The molecule has 0 aromatic rings. The van der Waals surface area contributed by atoms with Gasteiger partial charge in [0, 0.05) is 0 Å². The first-order valence-electron chi connectivity index (χ1n) is 5.63. The van der Waals surface area contributed by atoms with Crippen LogP contribution in [0, 0.1) is 0 Å². The van der Waals surface area contributed by atoms with Crippen LogP contribution in [0.1, 0.15) is 20.3 Å². The molecule has 0 unspecified atom stereocenters. The van der Waals surface area contributed by atoms with Crippen molar-refractivity contribution in [3.63, 3.8) is 0 Å². The number of quaternary nitrogens is 1. The van der Waals surface area contributed by atoms with Crippen molar-refractivity contribution in [2.75, 3.05) is 34.8 Å². The third-order valence-corrected chi connectivity index (χ3v) is 1.84. The molecule has 116 valence electrons. The minimum Gasteiger partial charge on any atom is -0.726 e. The molecule has 0 aliphatic carbocycles. The molecule has 0 saturated carbocycles. The van der Waals surface area contributed by atoms with Crippen LogP contribution in [0.2, 0.25) is 0 Å². The van der Waals surface area contributed by atoms with Crippen LogP contribution in [0.3, 0.4) is 0 Å². The zero-order valence-electron chi connectivity index (χ0n) is 12.5. The Morgan fingerprint density at radius 3 is 1.74 bits per heavy atom. The van der Waals surface area contributed by atoms with E-state index >= 15 is 0 Å². The first-order chi connectivity index (χ1) is 8.39. The molecular weight excluding hydrogens is 272 g/mol. The maximum Gasteiger partial charge on any atom is 0.241 e. The number of nitrogens with two attached hydrogens (primary N) is 1. The van der Waals surface area contributed by atoms with Crippen LogP contribution in [-0.2, 0) is 19.4 Å². The molecule has 0 fully saturated rings. The fraction of sp³-hybridized carbons (Fsp3) is 0.727. The van der Waals surface area contributed by atoms with Crippen LogP contribution in [0.5, 0.6) is 0 Å². The van der Waals surface area contributed by atoms with Gasteiger partial charge in [-0.3, -0.25) is 8.98 Å². The molecule has 8 heteroatoms. The minimum atomic E-state index is -4.41. The van der Waals surface area contributed by atoms with Crippen molar-refractivity contribution in [3.8, 4) is 0 Å². The third-order valence-electron chi connectivity index (χ3n) is 1.43. The van der Waals surface area contributed by atoms with E-state index in [2.05, 4.69) is 38.0 Å². The van der Waals surface area contributed by atoms with Crippen molar-refractivity contribution >= 4 is 16.3 Å². The molecule has 0 aliphatic rings. The van der Waals surface area contributed by atoms with E-state index in [9.17, 15) is 17.8 Å². The summed E-state index contributed by atoms with van der Waals surface area (Å²) in [7, 11) is 3.03. The van der Waals surface area contributed by atoms with E-state index in [0.29, 0.717) is 0 Å². The molecule has 19 heavy (non-hydrogen) atoms. The third kappa shape index (κ3) is 47.2. The smallest absolute Gasteiger partial charge is 0.241 e. The number of hydrogen-bond donors (Lipinski definition) is 1. The van der Waals surface area contributed by atoms with Gasteiger partial charge in [0.15, 0.2) is 0 Å². The van der Waals surface area contributed by atoms with Gasteiger partial charge in [0.05, 0.1) is 34.8 Å². The molecular formula is C11H26N2O5S. The first-order valence-corrected chi connectivity index (χ1v) is 6.97. The van der Waals surface area contributed by atoms with E-state index in [-0.39, 0.29) is 0 Å². The summed E-state index contributed by atoms with van der Waals surface area (Å²) >= 11 is 0. The maximum atomic E-state index is 9.73. The van der Waals surface area contributed by atoms with Gasteiger partial charge < -0.3 is 14.8 Å². The number of rotatable bonds is 4. The number of carbonyl (C=O) groups is 1. The van der Waals surface area contributed by atoms with E-state index < -0.39 is 16.3 Å². The van der Waals surface area contributed by atoms with Crippen molar-refractivity contribution in [2.24, 2.45) is 5.73 Å². The minimum absolute atomic E-state index is 0.391. The molecule has 0 saturated heterocycles. The van der Waals surface area contributed by atoms with Crippen molar-refractivity contribution in [3.05, 3.63) is 12.2 Å². The average Bonchev–Trinajstić information content (AvgIpc) is 2.16. The zero-order chi connectivity index (χ0) is 16.1. The van der Waals surface area contributed by atoms with Crippen LogP contribution in [-0.4, -0.2) is 58.2 Å². The average molecular weight is 298 g/mol. The van der Waals surface area contributed by atoms with Crippen LogP contribution < -0.4 is 5.73 Å². The van der Waals surface area contributed by atoms with Crippen molar-refractivity contribution in [1.82, 2.24) is 0 Å². The normalized spacial score (nSPS) is 11.1. The van der Waals surface area contributed by atoms with Gasteiger partial charge in [-0.05, 0) is 19.4 Å². The van der Waals surface area contributed by atoms with E-state index in [0.717, 1.165) is 11.6 Å². The lowest BCUT2D eigenvalue weighted by atomic mass is 10.4. The summed E-state index contributed by atoms with van der Waals surface area (Å²) in [6.07, 6.45) is 4.19. The van der Waals surface area contributed by atoms with Gasteiger partial charge in [-0.25, -0.2) is 8.42 Å². The Balaban J connectivity index is -0.000000203. The summed E-state index contributed by atoms with van der Waals surface area (Å²) in [5.41, 5.74) is 4.68. The summed E-state index contributed by atoms with van der Waals surface area (Å²) in [5.74, 6) is -0.391. The van der Waals surface area contributed by atoms with Gasteiger partial charge in [-0.15, -0.1) is 0 Å². The van der Waals surface area contributed by atoms with Gasteiger partial charge in [-0.2, -0.15) is 0 Å². The number of primary amides is 1. The highest BCUT2D eigenvalue weighted by Crippen LogP contribution is 1.90. The van der Waals surface area contributed by atoms with Gasteiger partial charge >= 0.3 is 0 Å². The van der Waals surface area contributed by atoms with Crippen molar-refractivity contribution in [2.45, 2.75) is 20.3 Å². The topological polar surface area (TPSA) is 110 Å². The fourth-order valence-electron chi connectivity index (χ4n) is 0.835. The van der Waals surface area contributed by atoms with Crippen molar-refractivity contribution in [1.29, 1.82) is 0 Å². The predicted molar refractivity (Wildman–Crippen MR) is 73.9 cm³/mol. The summed E-state index contributed by atoms with van der Waals surface area (Å²) in [4.78, 5) is 9.73. The first kappa shape index (κ1) is 23.2. The molecule has 7 nitrogen and oxygen atoms in total. The lowest BCUT2D eigenvalue weighted by molar-refractivity contribution is -0.870. The molecule has 1 amide bonds. The number of carbonyl (C=O) groups excluding carboxylic acids is 1. The Labute approximate surface area is 116 Å². The molecule has 0 atom stereocenters. The molecule has 0 aliphatic heterocycles. The van der Waals surface area contributed by atoms with Crippen LogP contribution in [0.4, 0.5) is 0 Å². The molecule has 0 spiro atoms. The molecule has 0 bridgehead atoms. The predicted octanol–water partition coefficient (Wildman–Crippen LogP) is 0.243. The maximum absolute atomic E-state index is 9.73. The van der Waals surface area contributed by atoms with Gasteiger partial charge in [0.1, 0.15) is 0 Å². The molecule has 0 rings (SSSR count). The Hall–Kier alpha value is -0.960. The quantitative estimate of drug-likeness (QED) is 0.346. The largest absolute Gasteiger partial charge is 0.726 e. The van der Waals surface area contributed by atoms with E-state index in [4.69, 9.17) is 0 Å². The Bertz CT molecular complexity index is 345. The molecule has 0 aromatic heterocycles. The Morgan fingerprint density at radius 1 is 1.37 bits per heavy atom. The summed E-state index contributed by atoms with van der Waals surface area (Å²) in [5, 5.41) is 0. The monoisotopic (exact) mass is 298 g/mol. The van der Waals surface area contributed by atoms with Crippen molar-refractivity contribution < 1.29 is 26.4 Å². The second kappa shape index (κ2) is 12.1. The summed E-state index contributed by atoms with van der Waals surface area (Å²) < 4.78 is 32.1. The SMILES string of the molecule is CC=CC(N)=O.CCC[N+](C)(C)C.COS(=O)(=O)[O-]. The van der Waals surface area contributed by atoms with Gasteiger partial charge in [0.25, 0.3) is 0 Å². The number of nitrogens with zero attached hydrogens (tertiary/aromatic N) is 1. The second-order valence-corrected chi connectivity index (χ2v) is 5.64. The molecule has 0 heterocycles. The highest BCUT2D eigenvalue weighted by atomic mass is 32.3.